The summed E-state index contributed by atoms with van der Waals surface area (Å²) in [6, 6.07) is 10.3. The molecule has 15 heavy (non-hydrogen) atoms. The first-order chi connectivity index (χ1) is 7.38. The summed E-state index contributed by atoms with van der Waals surface area (Å²) in [5, 5.41) is 11.8. The second-order valence-corrected chi connectivity index (χ2v) is 3.75. The van der Waals surface area contributed by atoms with E-state index in [1.165, 1.54) is 19.3 Å². The maximum atomic E-state index is 8.40. The molecule has 0 saturated heterocycles. The lowest BCUT2D eigenvalue weighted by Crippen LogP contribution is -2.26. The second-order valence-electron chi connectivity index (χ2n) is 3.75. The van der Waals surface area contributed by atoms with Crippen LogP contribution in [0.3, 0.4) is 0 Å². The van der Waals surface area contributed by atoms with Crippen molar-refractivity contribution >= 4 is 5.69 Å². The Labute approximate surface area is 89.7 Å². The lowest BCUT2D eigenvalue weighted by Gasteiger charge is -2.27. The van der Waals surface area contributed by atoms with Crippen molar-refractivity contribution < 1.29 is 4.74 Å². The van der Waals surface area contributed by atoms with Crippen molar-refractivity contribution in [3.8, 4) is 11.8 Å². The zero-order chi connectivity index (χ0) is 10.5. The van der Waals surface area contributed by atoms with Gasteiger partial charge in [0.25, 0.3) is 0 Å². The Kier molecular flexibility index (Phi) is 3.08. The van der Waals surface area contributed by atoms with Gasteiger partial charge < -0.3 is 10.1 Å². The molecule has 0 aliphatic heterocycles. The average molecular weight is 202 g/mol. The highest BCUT2D eigenvalue weighted by Crippen LogP contribution is 2.25. The number of benzene rings is 1. The van der Waals surface area contributed by atoms with E-state index in [1.54, 1.807) is 0 Å². The Bertz CT molecular complexity index is 366. The molecular formula is C12H14N2O. The number of nitrogens with one attached hydrogen (secondary N) is 1. The Morgan fingerprint density at radius 3 is 3.00 bits per heavy atom. The minimum absolute atomic E-state index is 0.104. The van der Waals surface area contributed by atoms with Crippen molar-refractivity contribution in [2.24, 2.45) is 0 Å². The predicted octanol–water partition coefficient (Wildman–Crippen LogP) is 2.55. The highest BCUT2D eigenvalue weighted by atomic mass is 16.5. The fourth-order valence-electron chi connectivity index (χ4n) is 1.58. The predicted molar refractivity (Wildman–Crippen MR) is 58.8 cm³/mol. The van der Waals surface area contributed by atoms with E-state index in [4.69, 9.17) is 10.00 Å². The number of nitrogens with zero attached hydrogens (tertiary/aromatic N) is 1. The van der Waals surface area contributed by atoms with Crippen molar-refractivity contribution in [2.45, 2.75) is 25.3 Å². The summed E-state index contributed by atoms with van der Waals surface area (Å²) >= 11 is 0. The summed E-state index contributed by atoms with van der Waals surface area (Å²) in [5.41, 5.74) is 1.08. The molecule has 0 atom stereocenters. The quantitative estimate of drug-likeness (QED) is 0.816. The van der Waals surface area contributed by atoms with Gasteiger partial charge in [-0.25, -0.2) is 0 Å². The first kappa shape index (κ1) is 9.85. The van der Waals surface area contributed by atoms with E-state index < -0.39 is 0 Å². The summed E-state index contributed by atoms with van der Waals surface area (Å²) in [4.78, 5) is 0. The van der Waals surface area contributed by atoms with E-state index >= 15 is 0 Å². The summed E-state index contributed by atoms with van der Waals surface area (Å²) in [7, 11) is 0. The molecule has 1 N–H and O–H groups in total. The molecule has 0 aromatic heterocycles. The molecule has 3 heteroatoms. The van der Waals surface area contributed by atoms with Crippen LogP contribution in [0.25, 0.3) is 0 Å². The molecule has 0 amide bonds. The maximum absolute atomic E-state index is 8.40. The molecule has 3 nitrogen and oxygen atoms in total. The van der Waals surface area contributed by atoms with Gasteiger partial charge in [0.05, 0.1) is 0 Å². The minimum Gasteiger partial charge on any atom is -0.479 e. The van der Waals surface area contributed by atoms with E-state index in [1.807, 2.05) is 30.3 Å². The lowest BCUT2D eigenvalue weighted by atomic mass is 9.93. The molecule has 1 aromatic carbocycles. The van der Waals surface area contributed by atoms with Crippen LogP contribution in [0.4, 0.5) is 5.69 Å². The smallest absolute Gasteiger partial charge is 0.174 e. The van der Waals surface area contributed by atoms with E-state index in [2.05, 4.69) is 5.32 Å². The first-order valence-corrected chi connectivity index (χ1v) is 5.25. The summed E-state index contributed by atoms with van der Waals surface area (Å²) in [6.45, 7) is 0.104. The monoisotopic (exact) mass is 202 g/mol. The van der Waals surface area contributed by atoms with Gasteiger partial charge in [-0.3, -0.25) is 0 Å². The molecule has 0 heterocycles. The largest absolute Gasteiger partial charge is 0.479 e. The van der Waals surface area contributed by atoms with Crippen LogP contribution in [0.5, 0.6) is 5.75 Å². The third kappa shape index (κ3) is 2.63. The van der Waals surface area contributed by atoms with Crippen LogP contribution in [-0.2, 0) is 0 Å². The van der Waals surface area contributed by atoms with Gasteiger partial charge in [0.1, 0.15) is 11.8 Å². The zero-order valence-electron chi connectivity index (χ0n) is 8.57. The fraction of sp³-hybridized carbons (Fsp3) is 0.417. The van der Waals surface area contributed by atoms with E-state index in [-0.39, 0.29) is 6.61 Å². The highest BCUT2D eigenvalue weighted by molar-refractivity contribution is 5.49. The van der Waals surface area contributed by atoms with Crippen LogP contribution < -0.4 is 10.1 Å². The molecule has 1 fully saturated rings. The molecule has 0 unspecified atom stereocenters. The molecule has 0 spiro atoms. The maximum Gasteiger partial charge on any atom is 0.174 e. The van der Waals surface area contributed by atoms with Crippen LogP contribution >= 0.6 is 0 Å². The molecule has 1 aliphatic rings. The summed E-state index contributed by atoms with van der Waals surface area (Å²) in [6.07, 6.45) is 3.83. The van der Waals surface area contributed by atoms with E-state index in [0.717, 1.165) is 11.4 Å². The van der Waals surface area contributed by atoms with Gasteiger partial charge in [0.2, 0.25) is 0 Å². The summed E-state index contributed by atoms with van der Waals surface area (Å²) in [5.74, 6) is 0.751. The highest BCUT2D eigenvalue weighted by Gasteiger charge is 2.16. The number of hydrogen-bond donors (Lipinski definition) is 1. The van der Waals surface area contributed by atoms with Gasteiger partial charge in [-0.05, 0) is 31.4 Å². The average Bonchev–Trinajstić information content (AvgIpc) is 2.21. The van der Waals surface area contributed by atoms with Gasteiger partial charge in [0.15, 0.2) is 6.61 Å². The van der Waals surface area contributed by atoms with Gasteiger partial charge in [0, 0.05) is 17.8 Å². The molecule has 2 rings (SSSR count). The Morgan fingerprint density at radius 2 is 2.33 bits per heavy atom. The normalized spacial score (nSPS) is 15.1. The molecule has 0 bridgehead atoms. The Hall–Kier alpha value is -1.69. The lowest BCUT2D eigenvalue weighted by molar-refractivity contribution is 0.368. The van der Waals surface area contributed by atoms with E-state index in [9.17, 15) is 0 Å². The van der Waals surface area contributed by atoms with Crippen LogP contribution in [-0.4, -0.2) is 12.6 Å². The van der Waals surface area contributed by atoms with E-state index in [0.29, 0.717) is 6.04 Å². The first-order valence-electron chi connectivity index (χ1n) is 5.25. The number of nitriles is 1. The van der Waals surface area contributed by atoms with Crippen molar-refractivity contribution in [3.63, 3.8) is 0 Å². The summed E-state index contributed by atoms with van der Waals surface area (Å²) < 4.78 is 5.23. The van der Waals surface area contributed by atoms with Gasteiger partial charge in [-0.15, -0.1) is 0 Å². The third-order valence-corrected chi connectivity index (χ3v) is 2.61. The fourth-order valence-corrected chi connectivity index (χ4v) is 1.58. The van der Waals surface area contributed by atoms with Gasteiger partial charge >= 0.3 is 0 Å². The number of rotatable bonds is 4. The number of hydrogen-bond acceptors (Lipinski definition) is 3. The van der Waals surface area contributed by atoms with Crippen LogP contribution in [0.1, 0.15) is 19.3 Å². The molecular weight excluding hydrogens is 188 g/mol. The van der Waals surface area contributed by atoms with Crippen molar-refractivity contribution in [2.75, 3.05) is 11.9 Å². The zero-order valence-corrected chi connectivity index (χ0v) is 8.57. The molecule has 78 valence electrons. The van der Waals surface area contributed by atoms with Crippen LogP contribution in [0.2, 0.25) is 0 Å². The molecule has 1 saturated carbocycles. The third-order valence-electron chi connectivity index (χ3n) is 2.61. The second kappa shape index (κ2) is 4.70. The van der Waals surface area contributed by atoms with Crippen LogP contribution in [0, 0.1) is 11.3 Å². The molecule has 0 radical (unpaired) electrons. The molecule has 1 aliphatic carbocycles. The van der Waals surface area contributed by atoms with Gasteiger partial charge in [-0.1, -0.05) is 6.07 Å². The standard InChI is InChI=1S/C12H14N2O/c13-7-8-15-12-6-2-5-11(9-12)14-10-3-1-4-10/h2,5-6,9-10,14H,1,3-4,8H2. The molecule has 1 aromatic rings. The van der Waals surface area contributed by atoms with Crippen molar-refractivity contribution in [1.29, 1.82) is 5.26 Å². The Morgan fingerprint density at radius 1 is 1.47 bits per heavy atom. The van der Waals surface area contributed by atoms with Crippen LogP contribution in [0.15, 0.2) is 24.3 Å². The number of anilines is 1. The van der Waals surface area contributed by atoms with Crippen molar-refractivity contribution in [3.05, 3.63) is 24.3 Å². The number of ether oxygens (including phenoxy) is 1. The minimum atomic E-state index is 0.104. The van der Waals surface area contributed by atoms with Gasteiger partial charge in [-0.2, -0.15) is 5.26 Å². The Balaban J connectivity index is 1.95. The topological polar surface area (TPSA) is 45.0 Å². The SMILES string of the molecule is N#CCOc1cccc(NC2CCC2)c1. The van der Waals surface area contributed by atoms with Crippen molar-refractivity contribution in [1.82, 2.24) is 0 Å².